The minimum atomic E-state index is -0.880. The van der Waals surface area contributed by atoms with Gasteiger partial charge >= 0.3 is 18.0 Å². The molecule has 0 aliphatic heterocycles. The molecular weight excluding hydrogens is 252 g/mol. The molecule has 0 aliphatic carbocycles. The fourth-order valence-electron chi connectivity index (χ4n) is 1.47. The second-order valence-electron chi connectivity index (χ2n) is 4.34. The lowest BCUT2D eigenvalue weighted by molar-refractivity contribution is -0.140. The van der Waals surface area contributed by atoms with Crippen molar-refractivity contribution < 1.29 is 24.2 Å². The van der Waals surface area contributed by atoms with Crippen molar-refractivity contribution in [2.75, 3.05) is 20.2 Å². The molecule has 2 amide bonds. The van der Waals surface area contributed by atoms with Crippen LogP contribution in [0.15, 0.2) is 0 Å². The van der Waals surface area contributed by atoms with Crippen LogP contribution in [0, 0.1) is 0 Å². The number of nitrogens with zero attached hydrogens (tertiary/aromatic N) is 1. The zero-order valence-electron chi connectivity index (χ0n) is 11.6. The second-order valence-corrected chi connectivity index (χ2v) is 4.34. The third-order valence-corrected chi connectivity index (χ3v) is 2.51. The molecule has 7 nitrogen and oxygen atoms in total. The fourth-order valence-corrected chi connectivity index (χ4v) is 1.47. The maximum absolute atomic E-state index is 11.8. The van der Waals surface area contributed by atoms with Crippen LogP contribution in [0.25, 0.3) is 0 Å². The average molecular weight is 274 g/mol. The van der Waals surface area contributed by atoms with Crippen LogP contribution in [0.4, 0.5) is 4.79 Å². The van der Waals surface area contributed by atoms with E-state index in [1.165, 1.54) is 7.11 Å². The van der Waals surface area contributed by atoms with Crippen molar-refractivity contribution in [3.8, 4) is 0 Å². The van der Waals surface area contributed by atoms with Crippen LogP contribution in [0.1, 0.15) is 33.1 Å². The second kappa shape index (κ2) is 9.18. The highest BCUT2D eigenvalue weighted by atomic mass is 16.5. The molecule has 0 aromatic rings. The maximum atomic E-state index is 11.8. The number of hydrogen-bond acceptors (Lipinski definition) is 4. The van der Waals surface area contributed by atoms with E-state index in [-0.39, 0.29) is 37.4 Å². The summed E-state index contributed by atoms with van der Waals surface area (Å²) in [6.45, 7) is 4.27. The van der Waals surface area contributed by atoms with Gasteiger partial charge in [-0.15, -0.1) is 0 Å². The van der Waals surface area contributed by atoms with Crippen LogP contribution in [0.5, 0.6) is 0 Å². The van der Waals surface area contributed by atoms with Gasteiger partial charge < -0.3 is 20.1 Å². The molecule has 19 heavy (non-hydrogen) atoms. The lowest BCUT2D eigenvalue weighted by Gasteiger charge is -2.26. The van der Waals surface area contributed by atoms with Crippen molar-refractivity contribution in [2.24, 2.45) is 0 Å². The van der Waals surface area contributed by atoms with Gasteiger partial charge in [0.05, 0.1) is 13.5 Å². The number of carboxylic acids is 1. The zero-order chi connectivity index (χ0) is 14.8. The number of rotatable bonds is 8. The summed E-state index contributed by atoms with van der Waals surface area (Å²) in [7, 11) is 1.29. The molecule has 0 atom stereocenters. The van der Waals surface area contributed by atoms with E-state index in [0.717, 1.165) is 0 Å². The van der Waals surface area contributed by atoms with Gasteiger partial charge in [0.2, 0.25) is 0 Å². The Morgan fingerprint density at radius 1 is 1.26 bits per heavy atom. The SMILES string of the molecule is COC(=O)CCNC(=O)N(CCCC(=O)O)C(C)C. The number of carboxylic acid groups (broad SMARTS) is 1. The van der Waals surface area contributed by atoms with Gasteiger partial charge in [-0.25, -0.2) is 4.79 Å². The number of esters is 1. The molecule has 0 saturated heterocycles. The summed E-state index contributed by atoms with van der Waals surface area (Å²) in [5.74, 6) is -1.27. The van der Waals surface area contributed by atoms with E-state index in [1.54, 1.807) is 4.90 Å². The molecule has 0 spiro atoms. The van der Waals surface area contributed by atoms with Gasteiger partial charge in [-0.3, -0.25) is 9.59 Å². The zero-order valence-corrected chi connectivity index (χ0v) is 11.6. The number of nitrogens with one attached hydrogen (secondary N) is 1. The van der Waals surface area contributed by atoms with Crippen LogP contribution >= 0.6 is 0 Å². The molecule has 0 fully saturated rings. The first-order valence-electron chi connectivity index (χ1n) is 6.21. The molecule has 2 N–H and O–H groups in total. The molecule has 0 rings (SSSR count). The molecule has 0 unspecified atom stereocenters. The third-order valence-electron chi connectivity index (χ3n) is 2.51. The summed E-state index contributed by atoms with van der Waals surface area (Å²) in [4.78, 5) is 34.7. The van der Waals surface area contributed by atoms with Gasteiger partial charge in [0.25, 0.3) is 0 Å². The van der Waals surface area contributed by atoms with E-state index >= 15 is 0 Å². The van der Waals surface area contributed by atoms with Gasteiger partial charge in [0, 0.05) is 25.6 Å². The van der Waals surface area contributed by atoms with Gasteiger partial charge in [0.1, 0.15) is 0 Å². The molecule has 0 bridgehead atoms. The van der Waals surface area contributed by atoms with Crippen LogP contribution in [-0.4, -0.2) is 54.2 Å². The summed E-state index contributed by atoms with van der Waals surface area (Å²) in [5.41, 5.74) is 0. The monoisotopic (exact) mass is 274 g/mol. The van der Waals surface area contributed by atoms with Crippen molar-refractivity contribution in [1.82, 2.24) is 10.2 Å². The quantitative estimate of drug-likeness (QED) is 0.639. The van der Waals surface area contributed by atoms with Gasteiger partial charge in [-0.2, -0.15) is 0 Å². The topological polar surface area (TPSA) is 95.9 Å². The van der Waals surface area contributed by atoms with E-state index in [0.29, 0.717) is 13.0 Å². The van der Waals surface area contributed by atoms with E-state index in [1.807, 2.05) is 13.8 Å². The molecule has 0 aliphatic rings. The molecule has 0 radical (unpaired) electrons. The highest BCUT2D eigenvalue weighted by Crippen LogP contribution is 2.02. The third kappa shape index (κ3) is 8.01. The van der Waals surface area contributed by atoms with Crippen LogP contribution in [0.2, 0.25) is 0 Å². The maximum Gasteiger partial charge on any atom is 0.317 e. The molecule has 0 saturated carbocycles. The number of aliphatic carboxylic acids is 1. The Balaban J connectivity index is 4.11. The molecule has 0 aromatic carbocycles. The number of ether oxygens (including phenoxy) is 1. The number of carbonyl (C=O) groups is 3. The summed E-state index contributed by atoms with van der Waals surface area (Å²) >= 11 is 0. The normalized spacial score (nSPS) is 10.1. The smallest absolute Gasteiger partial charge is 0.317 e. The van der Waals surface area contributed by atoms with E-state index in [2.05, 4.69) is 10.1 Å². The number of carbonyl (C=O) groups excluding carboxylic acids is 2. The largest absolute Gasteiger partial charge is 0.481 e. The molecule has 7 heteroatoms. The van der Waals surface area contributed by atoms with Crippen molar-refractivity contribution in [1.29, 1.82) is 0 Å². The minimum Gasteiger partial charge on any atom is -0.481 e. The standard InChI is InChI=1S/C12H22N2O5/c1-9(2)14(8-4-5-10(15)16)12(18)13-7-6-11(17)19-3/h9H,4-8H2,1-3H3,(H,13,18)(H,15,16). The molecular formula is C12H22N2O5. The number of methoxy groups -OCH3 is 1. The van der Waals surface area contributed by atoms with Crippen molar-refractivity contribution in [3.05, 3.63) is 0 Å². The lowest BCUT2D eigenvalue weighted by atomic mass is 10.2. The molecule has 0 aromatic heterocycles. The number of amides is 2. The highest BCUT2D eigenvalue weighted by Gasteiger charge is 2.16. The van der Waals surface area contributed by atoms with Crippen LogP contribution in [0.3, 0.4) is 0 Å². The van der Waals surface area contributed by atoms with Crippen LogP contribution < -0.4 is 5.32 Å². The van der Waals surface area contributed by atoms with Gasteiger partial charge in [0.15, 0.2) is 0 Å². The van der Waals surface area contributed by atoms with Crippen molar-refractivity contribution >= 4 is 18.0 Å². The Hall–Kier alpha value is -1.79. The highest BCUT2D eigenvalue weighted by molar-refractivity contribution is 5.76. The fraction of sp³-hybridized carbons (Fsp3) is 0.750. The Morgan fingerprint density at radius 2 is 1.89 bits per heavy atom. The van der Waals surface area contributed by atoms with E-state index in [9.17, 15) is 14.4 Å². The number of urea groups is 1. The Morgan fingerprint density at radius 3 is 2.37 bits per heavy atom. The first-order valence-corrected chi connectivity index (χ1v) is 6.21. The summed E-state index contributed by atoms with van der Waals surface area (Å²) in [6.07, 6.45) is 0.542. The summed E-state index contributed by atoms with van der Waals surface area (Å²) in [6, 6.07) is -0.337. The van der Waals surface area contributed by atoms with Gasteiger partial charge in [-0.1, -0.05) is 0 Å². The number of hydrogen-bond donors (Lipinski definition) is 2. The summed E-state index contributed by atoms with van der Waals surface area (Å²) < 4.78 is 4.46. The van der Waals surface area contributed by atoms with Gasteiger partial charge in [-0.05, 0) is 20.3 Å². The van der Waals surface area contributed by atoms with E-state index in [4.69, 9.17) is 5.11 Å². The first kappa shape index (κ1) is 17.2. The first-order chi connectivity index (χ1) is 8.88. The van der Waals surface area contributed by atoms with E-state index < -0.39 is 5.97 Å². The Bertz CT molecular complexity index is 317. The minimum absolute atomic E-state index is 0.0264. The Labute approximate surface area is 112 Å². The summed E-state index contributed by atoms with van der Waals surface area (Å²) in [5, 5.41) is 11.2. The Kier molecular flexibility index (Phi) is 8.32. The van der Waals surface area contributed by atoms with Crippen molar-refractivity contribution in [2.45, 2.75) is 39.2 Å². The lowest BCUT2D eigenvalue weighted by Crippen LogP contribution is -2.45. The molecule has 110 valence electrons. The average Bonchev–Trinajstić information content (AvgIpc) is 2.33. The van der Waals surface area contributed by atoms with Crippen LogP contribution in [-0.2, 0) is 14.3 Å². The van der Waals surface area contributed by atoms with Crippen molar-refractivity contribution in [3.63, 3.8) is 0 Å². The predicted molar refractivity (Wildman–Crippen MR) is 68.7 cm³/mol. The molecule has 0 heterocycles. The predicted octanol–water partition coefficient (Wildman–Crippen LogP) is 0.834.